The first-order valence-corrected chi connectivity index (χ1v) is 6.69. The largest absolute Gasteiger partial charge is 0.494 e. The lowest BCUT2D eigenvalue weighted by atomic mass is 10.0. The molecule has 1 saturated carbocycles. The van der Waals surface area contributed by atoms with E-state index in [9.17, 15) is 5.11 Å². The number of benzene rings is 1. The van der Waals surface area contributed by atoms with Gasteiger partial charge in [0.15, 0.2) is 0 Å². The Morgan fingerprint density at radius 1 is 1.29 bits per heavy atom. The lowest BCUT2D eigenvalue weighted by molar-refractivity contribution is 0.142. The first-order valence-electron chi connectivity index (χ1n) is 6.69. The Morgan fingerprint density at radius 3 is 2.59 bits per heavy atom. The fourth-order valence-electron chi connectivity index (χ4n) is 2.00. The van der Waals surface area contributed by atoms with Crippen molar-refractivity contribution in [1.29, 1.82) is 0 Å². The van der Waals surface area contributed by atoms with Gasteiger partial charge < -0.3 is 9.84 Å². The summed E-state index contributed by atoms with van der Waals surface area (Å²) in [6, 6.07) is 8.25. The van der Waals surface area contributed by atoms with Crippen molar-refractivity contribution < 1.29 is 9.84 Å². The quantitative estimate of drug-likeness (QED) is 0.785. The number of aliphatic hydroxyl groups excluding tert-OH is 1. The zero-order valence-corrected chi connectivity index (χ0v) is 10.6. The van der Waals surface area contributed by atoms with Crippen LogP contribution in [0.4, 0.5) is 0 Å². The summed E-state index contributed by atoms with van der Waals surface area (Å²) in [5.41, 5.74) is 1.29. The molecule has 1 aromatic carbocycles. The third-order valence-electron chi connectivity index (χ3n) is 3.29. The van der Waals surface area contributed by atoms with Gasteiger partial charge in [-0.15, -0.1) is 0 Å². The molecule has 94 valence electrons. The van der Waals surface area contributed by atoms with Gasteiger partial charge in [-0.05, 0) is 55.7 Å². The van der Waals surface area contributed by atoms with Crippen LogP contribution in [-0.2, 0) is 6.42 Å². The number of ether oxygens (including phenoxy) is 1. The first kappa shape index (κ1) is 12.4. The van der Waals surface area contributed by atoms with Gasteiger partial charge >= 0.3 is 0 Å². The highest BCUT2D eigenvalue weighted by molar-refractivity contribution is 5.27. The van der Waals surface area contributed by atoms with Crippen LogP contribution in [0.1, 0.15) is 38.2 Å². The molecule has 0 aliphatic heterocycles. The number of aliphatic hydroxyl groups is 1. The molecule has 0 aromatic heterocycles. The van der Waals surface area contributed by atoms with Crippen molar-refractivity contribution in [3.05, 3.63) is 29.8 Å². The number of aryl methyl sites for hydroxylation is 1. The van der Waals surface area contributed by atoms with E-state index in [0.29, 0.717) is 5.92 Å². The van der Waals surface area contributed by atoms with E-state index in [2.05, 4.69) is 19.1 Å². The minimum atomic E-state index is -0.0917. The second-order valence-electron chi connectivity index (χ2n) is 4.94. The molecule has 1 atom stereocenters. The molecule has 0 amide bonds. The van der Waals surface area contributed by atoms with Crippen molar-refractivity contribution >= 4 is 0 Å². The lowest BCUT2D eigenvalue weighted by Crippen LogP contribution is -2.10. The molecule has 1 unspecified atom stereocenters. The van der Waals surface area contributed by atoms with Crippen LogP contribution in [0, 0.1) is 5.92 Å². The van der Waals surface area contributed by atoms with Crippen LogP contribution in [0.3, 0.4) is 0 Å². The van der Waals surface area contributed by atoms with Crippen molar-refractivity contribution in [2.75, 3.05) is 6.61 Å². The van der Waals surface area contributed by atoms with Gasteiger partial charge in [-0.2, -0.15) is 0 Å². The molecule has 2 nitrogen and oxygen atoms in total. The normalized spacial score (nSPS) is 16.8. The van der Waals surface area contributed by atoms with E-state index < -0.39 is 0 Å². The molecule has 2 rings (SSSR count). The molecule has 1 N–H and O–H groups in total. The van der Waals surface area contributed by atoms with Gasteiger partial charge in [-0.1, -0.05) is 19.1 Å². The molecule has 0 heterocycles. The maximum atomic E-state index is 9.80. The maximum Gasteiger partial charge on any atom is 0.119 e. The highest BCUT2D eigenvalue weighted by Gasteiger charge is 2.28. The van der Waals surface area contributed by atoms with Gasteiger partial charge in [0.05, 0.1) is 12.7 Å². The van der Waals surface area contributed by atoms with Gasteiger partial charge in [-0.25, -0.2) is 0 Å². The predicted molar refractivity (Wildman–Crippen MR) is 69.3 cm³/mol. The summed E-state index contributed by atoms with van der Waals surface area (Å²) in [5.74, 6) is 1.53. The Balaban J connectivity index is 1.76. The van der Waals surface area contributed by atoms with Crippen molar-refractivity contribution in [3.63, 3.8) is 0 Å². The highest BCUT2D eigenvalue weighted by Crippen LogP contribution is 2.34. The number of hydrogen-bond donors (Lipinski definition) is 1. The Labute approximate surface area is 104 Å². The van der Waals surface area contributed by atoms with Crippen molar-refractivity contribution in [2.24, 2.45) is 5.92 Å². The standard InChI is InChI=1S/C15H22O2/c1-2-11-17-14-8-3-12(4-9-14)5-10-15(16)13-6-7-13/h3-4,8-9,13,15-16H,2,5-7,10-11H2,1H3. The molecule has 2 heteroatoms. The van der Waals surface area contributed by atoms with Crippen molar-refractivity contribution in [3.8, 4) is 5.75 Å². The molecule has 0 saturated heterocycles. The van der Waals surface area contributed by atoms with Crippen LogP contribution in [0.25, 0.3) is 0 Å². The Kier molecular flexibility index (Phi) is 4.43. The zero-order chi connectivity index (χ0) is 12.1. The van der Waals surface area contributed by atoms with Crippen LogP contribution in [0.15, 0.2) is 24.3 Å². The number of hydrogen-bond acceptors (Lipinski definition) is 2. The molecule has 0 spiro atoms. The average molecular weight is 234 g/mol. The van der Waals surface area contributed by atoms with E-state index in [1.807, 2.05) is 12.1 Å². The van der Waals surface area contributed by atoms with Crippen molar-refractivity contribution in [2.45, 2.75) is 45.1 Å². The zero-order valence-electron chi connectivity index (χ0n) is 10.6. The fraction of sp³-hybridized carbons (Fsp3) is 0.600. The summed E-state index contributed by atoms with van der Waals surface area (Å²) in [6.45, 7) is 2.88. The molecule has 17 heavy (non-hydrogen) atoms. The molecular formula is C15H22O2. The first-order chi connectivity index (χ1) is 8.29. The highest BCUT2D eigenvalue weighted by atomic mass is 16.5. The Hall–Kier alpha value is -1.02. The molecule has 1 aromatic rings. The summed E-state index contributed by atoms with van der Waals surface area (Å²) in [6.07, 6.45) is 5.22. The summed E-state index contributed by atoms with van der Waals surface area (Å²) in [7, 11) is 0. The number of rotatable bonds is 7. The molecule has 1 aliphatic rings. The molecule has 0 radical (unpaired) electrons. The van der Waals surface area contributed by atoms with Gasteiger partial charge in [0.2, 0.25) is 0 Å². The van der Waals surface area contributed by atoms with E-state index in [0.717, 1.165) is 31.6 Å². The molecule has 1 aliphatic carbocycles. The smallest absolute Gasteiger partial charge is 0.119 e. The van der Waals surface area contributed by atoms with E-state index in [1.54, 1.807) is 0 Å². The SMILES string of the molecule is CCCOc1ccc(CCC(O)C2CC2)cc1. The summed E-state index contributed by atoms with van der Waals surface area (Å²) >= 11 is 0. The predicted octanol–water partition coefficient (Wildman–Crippen LogP) is 3.18. The topological polar surface area (TPSA) is 29.5 Å². The van der Waals surface area contributed by atoms with E-state index in [4.69, 9.17) is 4.74 Å². The molecular weight excluding hydrogens is 212 g/mol. The average Bonchev–Trinajstić information content (AvgIpc) is 3.19. The molecule has 0 bridgehead atoms. The van der Waals surface area contributed by atoms with Crippen molar-refractivity contribution in [1.82, 2.24) is 0 Å². The third-order valence-corrected chi connectivity index (χ3v) is 3.29. The summed E-state index contributed by atoms with van der Waals surface area (Å²) in [5, 5.41) is 9.80. The van der Waals surface area contributed by atoms with E-state index >= 15 is 0 Å². The minimum absolute atomic E-state index is 0.0917. The Bertz CT molecular complexity index is 327. The second-order valence-corrected chi connectivity index (χ2v) is 4.94. The second kappa shape index (κ2) is 6.06. The van der Waals surface area contributed by atoms with E-state index in [-0.39, 0.29) is 6.10 Å². The fourth-order valence-corrected chi connectivity index (χ4v) is 2.00. The van der Waals surface area contributed by atoms with Gasteiger partial charge in [0.1, 0.15) is 5.75 Å². The minimum Gasteiger partial charge on any atom is -0.494 e. The van der Waals surface area contributed by atoms with Crippen LogP contribution < -0.4 is 4.74 Å². The van der Waals surface area contributed by atoms with Gasteiger partial charge in [0, 0.05) is 0 Å². The monoisotopic (exact) mass is 234 g/mol. The Morgan fingerprint density at radius 2 is 2.00 bits per heavy atom. The van der Waals surface area contributed by atoms with Gasteiger partial charge in [0.25, 0.3) is 0 Å². The van der Waals surface area contributed by atoms with Crippen LogP contribution in [0.2, 0.25) is 0 Å². The third kappa shape index (κ3) is 4.04. The molecule has 1 fully saturated rings. The van der Waals surface area contributed by atoms with E-state index in [1.165, 1.54) is 18.4 Å². The summed E-state index contributed by atoms with van der Waals surface area (Å²) in [4.78, 5) is 0. The summed E-state index contributed by atoms with van der Waals surface area (Å²) < 4.78 is 5.53. The lowest BCUT2D eigenvalue weighted by Gasteiger charge is -2.09. The maximum absolute atomic E-state index is 9.80. The van der Waals surface area contributed by atoms with Crippen LogP contribution >= 0.6 is 0 Å². The van der Waals surface area contributed by atoms with Crippen LogP contribution in [-0.4, -0.2) is 17.8 Å². The van der Waals surface area contributed by atoms with Crippen LogP contribution in [0.5, 0.6) is 5.75 Å². The van der Waals surface area contributed by atoms with Gasteiger partial charge in [-0.3, -0.25) is 0 Å².